The number of halogens is 1. The maximum absolute atomic E-state index is 13.6. The van der Waals surface area contributed by atoms with Crippen molar-refractivity contribution in [2.45, 2.75) is 39.2 Å². The number of nitrogens with one attached hydrogen (secondary N) is 2. The highest BCUT2D eigenvalue weighted by Crippen LogP contribution is 2.20. The van der Waals surface area contributed by atoms with Crippen LogP contribution in [0.2, 0.25) is 0 Å². The van der Waals surface area contributed by atoms with E-state index in [1.807, 2.05) is 6.07 Å². The van der Waals surface area contributed by atoms with Gasteiger partial charge in [-0.05, 0) is 81.9 Å². The molecular weight excluding hydrogens is 317 g/mol. The van der Waals surface area contributed by atoms with Gasteiger partial charge in [0.25, 0.3) is 0 Å². The predicted molar refractivity (Wildman–Crippen MR) is 97.7 cm³/mol. The molecule has 0 aromatic heterocycles. The molecule has 2 heterocycles. The lowest BCUT2D eigenvalue weighted by Gasteiger charge is -2.35. The number of aryl methyl sites for hydroxylation is 1. The van der Waals surface area contributed by atoms with Crippen molar-refractivity contribution >= 4 is 5.91 Å². The molecule has 2 fully saturated rings. The summed E-state index contributed by atoms with van der Waals surface area (Å²) in [6.07, 6.45) is 4.45. The zero-order chi connectivity index (χ0) is 17.6. The number of carbonyl (C=O) groups excluding carboxylic acids is 1. The second-order valence-electron chi connectivity index (χ2n) is 7.59. The lowest BCUT2D eigenvalue weighted by Crippen LogP contribution is -2.44. The SMILES string of the molecule is Cc1ccc(CNC(=O)C2CCN(CC3CCCNC3)CC2)cc1F. The first kappa shape index (κ1) is 18.3. The Morgan fingerprint density at radius 1 is 1.32 bits per heavy atom. The Bertz CT molecular complexity index is 578. The van der Waals surface area contributed by atoms with E-state index in [0.29, 0.717) is 12.1 Å². The Labute approximate surface area is 150 Å². The summed E-state index contributed by atoms with van der Waals surface area (Å²) in [6, 6.07) is 5.14. The van der Waals surface area contributed by atoms with Crippen molar-refractivity contribution in [3.05, 3.63) is 35.1 Å². The Kier molecular flexibility index (Phi) is 6.43. The first-order valence-electron chi connectivity index (χ1n) is 9.57. The number of likely N-dealkylation sites (tertiary alicyclic amines) is 1. The zero-order valence-electron chi connectivity index (χ0n) is 15.2. The van der Waals surface area contributed by atoms with Gasteiger partial charge in [-0.1, -0.05) is 12.1 Å². The van der Waals surface area contributed by atoms with E-state index >= 15 is 0 Å². The molecule has 1 aromatic carbocycles. The van der Waals surface area contributed by atoms with Gasteiger partial charge >= 0.3 is 0 Å². The number of nitrogens with zero attached hydrogens (tertiary/aromatic N) is 1. The predicted octanol–water partition coefficient (Wildman–Crippen LogP) is 2.46. The van der Waals surface area contributed by atoms with E-state index in [0.717, 1.165) is 57.0 Å². The highest BCUT2D eigenvalue weighted by Gasteiger charge is 2.26. The van der Waals surface area contributed by atoms with Crippen LogP contribution in [0.15, 0.2) is 18.2 Å². The summed E-state index contributed by atoms with van der Waals surface area (Å²) in [4.78, 5) is 14.9. The van der Waals surface area contributed by atoms with Crippen molar-refractivity contribution in [3.63, 3.8) is 0 Å². The van der Waals surface area contributed by atoms with Gasteiger partial charge in [0, 0.05) is 19.0 Å². The molecular formula is C20H30FN3O. The Balaban J connectivity index is 1.39. The second kappa shape index (κ2) is 8.77. The molecule has 2 aliphatic heterocycles. The molecule has 0 aliphatic carbocycles. The molecule has 0 bridgehead atoms. The topological polar surface area (TPSA) is 44.4 Å². The second-order valence-corrected chi connectivity index (χ2v) is 7.59. The van der Waals surface area contributed by atoms with Crippen molar-refractivity contribution in [1.29, 1.82) is 0 Å². The van der Waals surface area contributed by atoms with Crippen molar-refractivity contribution in [3.8, 4) is 0 Å². The monoisotopic (exact) mass is 347 g/mol. The van der Waals surface area contributed by atoms with Gasteiger partial charge < -0.3 is 15.5 Å². The molecule has 2 saturated heterocycles. The van der Waals surface area contributed by atoms with Crippen LogP contribution in [0.25, 0.3) is 0 Å². The fraction of sp³-hybridized carbons (Fsp3) is 0.650. The lowest BCUT2D eigenvalue weighted by atomic mass is 9.93. The number of rotatable bonds is 5. The largest absolute Gasteiger partial charge is 0.352 e. The van der Waals surface area contributed by atoms with Gasteiger partial charge in [-0.15, -0.1) is 0 Å². The van der Waals surface area contributed by atoms with Gasteiger partial charge in [0.1, 0.15) is 5.82 Å². The van der Waals surface area contributed by atoms with E-state index in [2.05, 4.69) is 15.5 Å². The van der Waals surface area contributed by atoms with E-state index < -0.39 is 0 Å². The first-order valence-corrected chi connectivity index (χ1v) is 9.57. The van der Waals surface area contributed by atoms with Crippen molar-refractivity contribution in [2.24, 2.45) is 11.8 Å². The van der Waals surface area contributed by atoms with Crippen LogP contribution in [-0.4, -0.2) is 43.5 Å². The Hall–Kier alpha value is -1.46. The zero-order valence-corrected chi connectivity index (χ0v) is 15.2. The normalized spacial score (nSPS) is 22.7. The van der Waals surface area contributed by atoms with Crippen LogP contribution in [0.4, 0.5) is 4.39 Å². The third kappa shape index (κ3) is 5.25. The number of carbonyl (C=O) groups is 1. The van der Waals surface area contributed by atoms with Gasteiger partial charge in [-0.2, -0.15) is 0 Å². The van der Waals surface area contributed by atoms with Crippen LogP contribution in [0, 0.1) is 24.6 Å². The smallest absolute Gasteiger partial charge is 0.223 e. The van der Waals surface area contributed by atoms with Crippen LogP contribution in [0.1, 0.15) is 36.8 Å². The standard InChI is InChI=1S/C20H30FN3O/c1-15-4-5-16(11-19(15)21)13-23-20(25)18-6-9-24(10-7-18)14-17-3-2-8-22-12-17/h4-5,11,17-18,22H,2-3,6-10,12-14H2,1H3,(H,23,25). The summed E-state index contributed by atoms with van der Waals surface area (Å²) in [5.74, 6) is 0.754. The molecule has 0 saturated carbocycles. The Morgan fingerprint density at radius 3 is 2.80 bits per heavy atom. The van der Waals surface area contributed by atoms with Crippen molar-refractivity contribution in [2.75, 3.05) is 32.7 Å². The summed E-state index contributed by atoms with van der Waals surface area (Å²) in [7, 11) is 0. The Morgan fingerprint density at radius 2 is 2.12 bits per heavy atom. The average Bonchev–Trinajstić information content (AvgIpc) is 2.64. The first-order chi connectivity index (χ1) is 12.1. The summed E-state index contributed by atoms with van der Waals surface area (Å²) >= 11 is 0. The minimum Gasteiger partial charge on any atom is -0.352 e. The molecule has 138 valence electrons. The van der Waals surface area contributed by atoms with E-state index in [1.165, 1.54) is 18.9 Å². The summed E-state index contributed by atoms with van der Waals surface area (Å²) in [5, 5.41) is 6.45. The molecule has 3 rings (SSSR count). The molecule has 2 N–H and O–H groups in total. The maximum atomic E-state index is 13.6. The lowest BCUT2D eigenvalue weighted by molar-refractivity contribution is -0.126. The molecule has 0 radical (unpaired) electrons. The van der Waals surface area contributed by atoms with Gasteiger partial charge in [0.15, 0.2) is 0 Å². The number of amides is 1. The molecule has 1 atom stereocenters. The minimum atomic E-state index is -0.211. The molecule has 1 unspecified atom stereocenters. The summed E-state index contributed by atoms with van der Waals surface area (Å²) in [6.45, 7) is 7.61. The number of piperidine rings is 2. The number of benzene rings is 1. The molecule has 4 nitrogen and oxygen atoms in total. The maximum Gasteiger partial charge on any atom is 0.223 e. The minimum absolute atomic E-state index is 0.0935. The van der Waals surface area contributed by atoms with Crippen LogP contribution >= 0.6 is 0 Å². The third-order valence-corrected chi connectivity index (χ3v) is 5.58. The van der Waals surface area contributed by atoms with E-state index in [4.69, 9.17) is 0 Å². The van der Waals surface area contributed by atoms with E-state index in [-0.39, 0.29) is 17.6 Å². The highest BCUT2D eigenvalue weighted by atomic mass is 19.1. The van der Waals surface area contributed by atoms with Crippen LogP contribution in [-0.2, 0) is 11.3 Å². The van der Waals surface area contributed by atoms with Gasteiger partial charge in [0.05, 0.1) is 0 Å². The van der Waals surface area contributed by atoms with Crippen LogP contribution in [0.3, 0.4) is 0 Å². The molecule has 1 amide bonds. The van der Waals surface area contributed by atoms with Gasteiger partial charge in [-0.3, -0.25) is 4.79 Å². The molecule has 25 heavy (non-hydrogen) atoms. The molecule has 1 aromatic rings. The fourth-order valence-electron chi connectivity index (χ4n) is 3.90. The van der Waals surface area contributed by atoms with Crippen molar-refractivity contribution < 1.29 is 9.18 Å². The van der Waals surface area contributed by atoms with E-state index in [1.54, 1.807) is 13.0 Å². The van der Waals surface area contributed by atoms with Gasteiger partial charge in [0.2, 0.25) is 5.91 Å². The summed E-state index contributed by atoms with van der Waals surface area (Å²) in [5.41, 5.74) is 1.45. The van der Waals surface area contributed by atoms with Crippen LogP contribution in [0.5, 0.6) is 0 Å². The number of hydrogen-bond donors (Lipinski definition) is 2. The van der Waals surface area contributed by atoms with Crippen LogP contribution < -0.4 is 10.6 Å². The van der Waals surface area contributed by atoms with E-state index in [9.17, 15) is 9.18 Å². The van der Waals surface area contributed by atoms with Gasteiger partial charge in [-0.25, -0.2) is 4.39 Å². The van der Waals surface area contributed by atoms with Crippen molar-refractivity contribution in [1.82, 2.24) is 15.5 Å². The molecule has 5 heteroatoms. The molecule has 0 spiro atoms. The average molecular weight is 347 g/mol. The fourth-order valence-corrected chi connectivity index (χ4v) is 3.90. The third-order valence-electron chi connectivity index (χ3n) is 5.58. The number of hydrogen-bond acceptors (Lipinski definition) is 3. The quantitative estimate of drug-likeness (QED) is 0.860. The summed E-state index contributed by atoms with van der Waals surface area (Å²) < 4.78 is 13.6. The molecule has 2 aliphatic rings. The highest BCUT2D eigenvalue weighted by molar-refractivity contribution is 5.78.